The zero-order valence-corrected chi connectivity index (χ0v) is 13.1. The highest BCUT2D eigenvalue weighted by molar-refractivity contribution is 14.1. The standard InChI is InChI=1S/C14H16IN3O/c1-3-6-17-14(19)11(8-16)9-18-13-5-4-12(15)7-10(13)2/h4-5,7,9,18H,3,6H2,1-2H3,(H,17,19)/b11-9-. The van der Waals surface area contributed by atoms with Gasteiger partial charge < -0.3 is 10.6 Å². The molecule has 0 fully saturated rings. The highest BCUT2D eigenvalue weighted by Crippen LogP contribution is 2.17. The summed E-state index contributed by atoms with van der Waals surface area (Å²) < 4.78 is 1.14. The van der Waals surface area contributed by atoms with Crippen molar-refractivity contribution in [2.24, 2.45) is 0 Å². The van der Waals surface area contributed by atoms with Crippen molar-refractivity contribution in [3.05, 3.63) is 39.1 Å². The Morgan fingerprint density at radius 1 is 1.53 bits per heavy atom. The van der Waals surface area contributed by atoms with Crippen LogP contribution in [0, 0.1) is 21.8 Å². The number of hydrogen-bond acceptors (Lipinski definition) is 3. The molecule has 0 aliphatic rings. The Morgan fingerprint density at radius 2 is 2.26 bits per heavy atom. The molecule has 0 heterocycles. The molecule has 0 spiro atoms. The maximum Gasteiger partial charge on any atom is 0.263 e. The third-order valence-corrected chi connectivity index (χ3v) is 3.13. The van der Waals surface area contributed by atoms with Crippen LogP contribution in [0.4, 0.5) is 5.69 Å². The average Bonchev–Trinajstić information content (AvgIpc) is 2.39. The maximum absolute atomic E-state index is 11.7. The summed E-state index contributed by atoms with van der Waals surface area (Å²) in [4.78, 5) is 11.7. The van der Waals surface area contributed by atoms with E-state index in [1.54, 1.807) is 0 Å². The van der Waals surface area contributed by atoms with E-state index >= 15 is 0 Å². The van der Waals surface area contributed by atoms with Gasteiger partial charge in [-0.1, -0.05) is 6.92 Å². The van der Waals surface area contributed by atoms with Crippen LogP contribution in [-0.4, -0.2) is 12.5 Å². The van der Waals surface area contributed by atoms with Crippen molar-refractivity contribution in [1.82, 2.24) is 5.32 Å². The Morgan fingerprint density at radius 3 is 2.84 bits per heavy atom. The number of aryl methyl sites for hydroxylation is 1. The van der Waals surface area contributed by atoms with E-state index in [-0.39, 0.29) is 11.5 Å². The molecule has 19 heavy (non-hydrogen) atoms. The van der Waals surface area contributed by atoms with Gasteiger partial charge in [0.2, 0.25) is 0 Å². The number of amides is 1. The molecule has 0 aliphatic heterocycles. The Hall–Kier alpha value is -1.55. The Balaban J connectivity index is 2.77. The molecule has 0 saturated heterocycles. The first-order chi connectivity index (χ1) is 9.08. The molecular formula is C14H16IN3O. The van der Waals surface area contributed by atoms with Crippen molar-refractivity contribution in [2.75, 3.05) is 11.9 Å². The fraction of sp³-hybridized carbons (Fsp3) is 0.286. The summed E-state index contributed by atoms with van der Waals surface area (Å²) in [5, 5.41) is 14.6. The normalized spacial score (nSPS) is 10.7. The zero-order valence-electron chi connectivity index (χ0n) is 11.0. The maximum atomic E-state index is 11.7. The van der Waals surface area contributed by atoms with Crippen LogP contribution < -0.4 is 10.6 Å². The second-order valence-corrected chi connectivity index (χ2v) is 5.27. The van der Waals surface area contributed by atoms with E-state index in [1.165, 1.54) is 6.20 Å². The van der Waals surface area contributed by atoms with Crippen molar-refractivity contribution in [3.63, 3.8) is 0 Å². The monoisotopic (exact) mass is 369 g/mol. The Labute approximate surface area is 127 Å². The summed E-state index contributed by atoms with van der Waals surface area (Å²) in [5.74, 6) is -0.347. The molecule has 1 amide bonds. The number of carbonyl (C=O) groups is 1. The van der Waals surface area contributed by atoms with E-state index in [0.29, 0.717) is 6.54 Å². The average molecular weight is 369 g/mol. The predicted molar refractivity (Wildman–Crippen MR) is 84.5 cm³/mol. The van der Waals surface area contributed by atoms with Gasteiger partial charge in [0.05, 0.1) is 0 Å². The molecule has 1 aromatic carbocycles. The van der Waals surface area contributed by atoms with Gasteiger partial charge in [0, 0.05) is 22.0 Å². The summed E-state index contributed by atoms with van der Waals surface area (Å²) in [6, 6.07) is 7.81. The van der Waals surface area contributed by atoms with Crippen molar-refractivity contribution in [2.45, 2.75) is 20.3 Å². The minimum Gasteiger partial charge on any atom is -0.360 e. The third kappa shape index (κ3) is 4.91. The fourth-order valence-corrected chi connectivity index (χ4v) is 2.07. The molecule has 0 atom stereocenters. The van der Waals surface area contributed by atoms with Gasteiger partial charge >= 0.3 is 0 Å². The molecule has 4 nitrogen and oxygen atoms in total. The van der Waals surface area contributed by atoms with Gasteiger partial charge in [0.15, 0.2) is 0 Å². The first-order valence-corrected chi connectivity index (χ1v) is 7.07. The molecular weight excluding hydrogens is 353 g/mol. The lowest BCUT2D eigenvalue weighted by Gasteiger charge is -2.07. The topological polar surface area (TPSA) is 64.9 Å². The largest absolute Gasteiger partial charge is 0.360 e. The third-order valence-electron chi connectivity index (χ3n) is 2.46. The number of anilines is 1. The van der Waals surface area contributed by atoms with Crippen LogP contribution in [0.3, 0.4) is 0 Å². The molecule has 0 bridgehead atoms. The Bertz CT molecular complexity index is 532. The number of benzene rings is 1. The number of rotatable bonds is 5. The molecule has 100 valence electrons. The molecule has 1 aromatic rings. The number of halogens is 1. The Kier molecular flexibility index (Phi) is 6.36. The van der Waals surface area contributed by atoms with Crippen molar-refractivity contribution < 1.29 is 4.79 Å². The van der Waals surface area contributed by atoms with Crippen molar-refractivity contribution in [3.8, 4) is 6.07 Å². The van der Waals surface area contributed by atoms with Gasteiger partial charge in [-0.15, -0.1) is 0 Å². The molecule has 0 aromatic heterocycles. The van der Waals surface area contributed by atoms with E-state index in [9.17, 15) is 4.79 Å². The molecule has 0 aliphatic carbocycles. The summed E-state index contributed by atoms with van der Waals surface area (Å²) >= 11 is 2.24. The van der Waals surface area contributed by atoms with E-state index in [0.717, 1.165) is 21.2 Å². The van der Waals surface area contributed by atoms with Gasteiger partial charge in [-0.25, -0.2) is 0 Å². The molecule has 2 N–H and O–H groups in total. The van der Waals surface area contributed by atoms with Gasteiger partial charge in [0.25, 0.3) is 5.91 Å². The van der Waals surface area contributed by atoms with Crippen LogP contribution in [0.25, 0.3) is 0 Å². The lowest BCUT2D eigenvalue weighted by atomic mass is 10.2. The van der Waals surface area contributed by atoms with Crippen molar-refractivity contribution >= 4 is 34.2 Å². The minimum absolute atomic E-state index is 0.0754. The second kappa shape index (κ2) is 7.79. The highest BCUT2D eigenvalue weighted by atomic mass is 127. The first-order valence-electron chi connectivity index (χ1n) is 5.99. The number of nitriles is 1. The second-order valence-electron chi connectivity index (χ2n) is 4.03. The van der Waals surface area contributed by atoms with Crippen LogP contribution in [0.5, 0.6) is 0 Å². The molecule has 0 radical (unpaired) electrons. The van der Waals surface area contributed by atoms with Gasteiger partial charge in [-0.2, -0.15) is 5.26 Å². The fourth-order valence-electron chi connectivity index (χ4n) is 1.42. The number of nitrogens with one attached hydrogen (secondary N) is 2. The van der Waals surface area contributed by atoms with Gasteiger partial charge in [-0.3, -0.25) is 4.79 Å². The van der Waals surface area contributed by atoms with Crippen LogP contribution in [0.15, 0.2) is 30.0 Å². The minimum atomic E-state index is -0.347. The first kappa shape index (κ1) is 15.5. The van der Waals surface area contributed by atoms with E-state index < -0.39 is 0 Å². The van der Waals surface area contributed by atoms with Crippen LogP contribution in [0.2, 0.25) is 0 Å². The molecule has 5 heteroatoms. The summed E-state index contributed by atoms with van der Waals surface area (Å²) in [6.07, 6.45) is 2.29. The molecule has 0 unspecified atom stereocenters. The number of hydrogen-bond donors (Lipinski definition) is 2. The number of nitrogens with zero attached hydrogens (tertiary/aromatic N) is 1. The van der Waals surface area contributed by atoms with Crippen molar-refractivity contribution in [1.29, 1.82) is 5.26 Å². The quantitative estimate of drug-likeness (QED) is 0.477. The highest BCUT2D eigenvalue weighted by Gasteiger charge is 2.07. The summed E-state index contributed by atoms with van der Waals surface area (Å²) in [6.45, 7) is 4.51. The predicted octanol–water partition coefficient (Wildman–Crippen LogP) is 2.95. The van der Waals surface area contributed by atoms with Gasteiger partial charge in [-0.05, 0) is 59.7 Å². The summed E-state index contributed by atoms with van der Waals surface area (Å²) in [5.41, 5.74) is 2.03. The van der Waals surface area contributed by atoms with E-state index in [1.807, 2.05) is 38.1 Å². The van der Waals surface area contributed by atoms with Crippen LogP contribution in [-0.2, 0) is 4.79 Å². The summed E-state index contributed by atoms with van der Waals surface area (Å²) in [7, 11) is 0. The number of carbonyl (C=O) groups excluding carboxylic acids is 1. The zero-order chi connectivity index (χ0) is 14.3. The van der Waals surface area contributed by atoms with Gasteiger partial charge in [0.1, 0.15) is 11.6 Å². The lowest BCUT2D eigenvalue weighted by molar-refractivity contribution is -0.117. The molecule has 0 saturated carbocycles. The van der Waals surface area contributed by atoms with E-state index in [4.69, 9.17) is 5.26 Å². The molecule has 1 rings (SSSR count). The van der Waals surface area contributed by atoms with Crippen LogP contribution >= 0.6 is 22.6 Å². The lowest BCUT2D eigenvalue weighted by Crippen LogP contribution is -2.25. The van der Waals surface area contributed by atoms with E-state index in [2.05, 4.69) is 33.2 Å². The smallest absolute Gasteiger partial charge is 0.263 e. The SMILES string of the molecule is CCCNC(=O)/C(C#N)=C\Nc1ccc(I)cc1C. The van der Waals surface area contributed by atoms with Crippen LogP contribution in [0.1, 0.15) is 18.9 Å².